The summed E-state index contributed by atoms with van der Waals surface area (Å²) in [5, 5.41) is 41.4. The number of hydrogen-bond acceptors (Lipinski definition) is 7. The maximum Gasteiger partial charge on any atom is 0.490 e. The first-order valence-electron chi connectivity index (χ1n) is 13.3. The smallest absolute Gasteiger partial charge is 0.480 e. The van der Waals surface area contributed by atoms with Gasteiger partial charge in [-0.3, -0.25) is 25.2 Å². The van der Waals surface area contributed by atoms with Gasteiger partial charge in [0.25, 0.3) is 0 Å². The maximum absolute atomic E-state index is 13.1. The zero-order valence-electron chi connectivity index (χ0n) is 24.2. The molecule has 0 bridgehead atoms. The average molecular weight is 633 g/mol. The van der Waals surface area contributed by atoms with Crippen LogP contribution in [0, 0.1) is 16.7 Å². The molecule has 15 nitrogen and oxygen atoms in total. The number of aliphatic carboxylic acids is 2. The number of nitrogens with one attached hydrogen (secondary N) is 6. The minimum absolute atomic E-state index is 0.0483. The monoisotopic (exact) mass is 632 g/mol. The van der Waals surface area contributed by atoms with Crippen molar-refractivity contribution in [2.75, 3.05) is 13.6 Å². The van der Waals surface area contributed by atoms with Crippen LogP contribution >= 0.6 is 0 Å². The van der Waals surface area contributed by atoms with Crippen LogP contribution < -0.4 is 32.7 Å². The quantitative estimate of drug-likeness (QED) is 0.0505. The molecule has 0 fully saturated rings. The van der Waals surface area contributed by atoms with Crippen LogP contribution in [0.3, 0.4) is 0 Å². The van der Waals surface area contributed by atoms with Gasteiger partial charge in [0.1, 0.15) is 23.8 Å². The second-order valence-electron chi connectivity index (χ2n) is 9.37. The van der Waals surface area contributed by atoms with Gasteiger partial charge < -0.3 is 42.9 Å². The SMILES string of the molecule is CCCC[C@H](NC(=O)C(Cc1ccc(C(=N)N)cc1)C(=O)NC)C(=O)N[C@@H](CCCNC(=N)N)C(=O)O.O=C(O)C(F)(F)F. The predicted octanol–water partition coefficient (Wildman–Crippen LogP) is 0.0163. The molecule has 0 saturated heterocycles. The Balaban J connectivity index is 0.00000234. The number of carbonyl (C=O) groups is 5. The number of alkyl halides is 3. The van der Waals surface area contributed by atoms with Crippen LogP contribution in [-0.4, -0.2) is 83.5 Å². The number of amides is 3. The van der Waals surface area contributed by atoms with Gasteiger partial charge in [0.2, 0.25) is 17.7 Å². The van der Waals surface area contributed by atoms with Gasteiger partial charge in [-0.15, -0.1) is 0 Å². The number of hydrogen-bond donors (Lipinski definition) is 10. The van der Waals surface area contributed by atoms with Crippen LogP contribution in [0.15, 0.2) is 24.3 Å². The Morgan fingerprint density at radius 1 is 0.886 bits per heavy atom. The van der Waals surface area contributed by atoms with Crippen molar-refractivity contribution in [2.45, 2.75) is 63.7 Å². The number of rotatable bonds is 16. The van der Waals surface area contributed by atoms with E-state index in [0.29, 0.717) is 24.0 Å². The zero-order valence-corrected chi connectivity index (χ0v) is 24.2. The molecule has 0 aliphatic rings. The molecule has 0 saturated carbocycles. The van der Waals surface area contributed by atoms with Crippen LogP contribution in [0.25, 0.3) is 0 Å². The summed E-state index contributed by atoms with van der Waals surface area (Å²) < 4.78 is 31.7. The number of halogens is 3. The normalized spacial score (nSPS) is 12.7. The van der Waals surface area contributed by atoms with Crippen LogP contribution in [0.5, 0.6) is 0 Å². The van der Waals surface area contributed by atoms with E-state index in [9.17, 15) is 37.5 Å². The molecular weight excluding hydrogens is 593 g/mol. The van der Waals surface area contributed by atoms with Crippen LogP contribution in [0.2, 0.25) is 0 Å². The van der Waals surface area contributed by atoms with Crippen molar-refractivity contribution in [3.63, 3.8) is 0 Å². The highest BCUT2D eigenvalue weighted by molar-refractivity contribution is 6.02. The standard InChI is InChI=1S/C24H38N8O5.C2HF3O2/c1-3-4-6-17(22(35)32-18(23(36)37)7-5-12-30-24(27)28)31-21(34)16(20(33)29-2)13-14-8-10-15(11-9-14)19(25)26;3-2(4,5)1(6)7/h8-11,16-18H,3-7,12-13H2,1-2H3,(H3,25,26)(H,29,33)(H,31,34)(H,32,35)(H,36,37)(H4,27,28,30);(H,6,7)/t16?,17-,18-;/m0./s1. The molecule has 3 atom stereocenters. The summed E-state index contributed by atoms with van der Waals surface area (Å²) >= 11 is 0. The molecule has 1 unspecified atom stereocenters. The summed E-state index contributed by atoms with van der Waals surface area (Å²) in [5.74, 6) is -7.33. The van der Waals surface area contributed by atoms with E-state index in [4.69, 9.17) is 32.2 Å². The van der Waals surface area contributed by atoms with Crippen molar-refractivity contribution in [2.24, 2.45) is 17.4 Å². The molecule has 1 aromatic rings. The molecular formula is C26H39F3N8O7. The molecule has 0 aromatic heterocycles. The second kappa shape index (κ2) is 19.3. The molecule has 0 aliphatic heterocycles. The highest BCUT2D eigenvalue weighted by Gasteiger charge is 2.38. The maximum atomic E-state index is 13.1. The summed E-state index contributed by atoms with van der Waals surface area (Å²) in [4.78, 5) is 59.2. The van der Waals surface area contributed by atoms with E-state index in [-0.39, 0.29) is 37.6 Å². The predicted molar refractivity (Wildman–Crippen MR) is 153 cm³/mol. The third kappa shape index (κ3) is 15.4. The first-order chi connectivity index (χ1) is 20.4. The van der Waals surface area contributed by atoms with Gasteiger partial charge in [0.15, 0.2) is 5.96 Å². The summed E-state index contributed by atoms with van der Waals surface area (Å²) in [6.07, 6.45) is -3.01. The van der Waals surface area contributed by atoms with E-state index < -0.39 is 53.8 Å². The number of carboxylic acids is 2. The number of guanidine groups is 1. The summed E-state index contributed by atoms with van der Waals surface area (Å²) in [6.45, 7) is 2.18. The van der Waals surface area contributed by atoms with E-state index in [1.807, 2.05) is 6.92 Å². The minimum Gasteiger partial charge on any atom is -0.480 e. The van der Waals surface area contributed by atoms with Crippen LogP contribution in [0.4, 0.5) is 13.2 Å². The molecule has 1 rings (SSSR count). The van der Waals surface area contributed by atoms with Gasteiger partial charge in [0.05, 0.1) is 0 Å². The molecule has 44 heavy (non-hydrogen) atoms. The molecule has 3 amide bonds. The number of amidine groups is 1. The highest BCUT2D eigenvalue weighted by Crippen LogP contribution is 2.14. The number of nitrogens with two attached hydrogens (primary N) is 2. The Bertz CT molecular complexity index is 1160. The second-order valence-corrected chi connectivity index (χ2v) is 9.37. The molecule has 1 aromatic carbocycles. The van der Waals surface area contributed by atoms with E-state index in [0.717, 1.165) is 6.42 Å². The Morgan fingerprint density at radius 3 is 1.84 bits per heavy atom. The lowest BCUT2D eigenvalue weighted by Crippen LogP contribution is -2.54. The highest BCUT2D eigenvalue weighted by atomic mass is 19.4. The molecule has 12 N–H and O–H groups in total. The number of unbranched alkanes of at least 4 members (excludes halogenated alkanes) is 1. The lowest BCUT2D eigenvalue weighted by atomic mass is 9.95. The van der Waals surface area contributed by atoms with Gasteiger partial charge in [-0.2, -0.15) is 13.2 Å². The van der Waals surface area contributed by atoms with E-state index in [2.05, 4.69) is 21.3 Å². The van der Waals surface area contributed by atoms with Crippen molar-refractivity contribution in [1.29, 1.82) is 10.8 Å². The largest absolute Gasteiger partial charge is 0.490 e. The topological polar surface area (TPSA) is 274 Å². The molecule has 246 valence electrons. The molecule has 18 heteroatoms. The number of carboxylic acid groups (broad SMARTS) is 2. The Morgan fingerprint density at radius 2 is 1.41 bits per heavy atom. The van der Waals surface area contributed by atoms with Crippen LogP contribution in [-0.2, 0) is 30.4 Å². The number of benzene rings is 1. The number of carbonyl (C=O) groups excluding carboxylic acids is 3. The number of nitrogen functional groups attached to an aromatic ring is 1. The Hall–Kier alpha value is -4.90. The Kier molecular flexibility index (Phi) is 17.2. The van der Waals surface area contributed by atoms with Gasteiger partial charge in [-0.05, 0) is 31.2 Å². The van der Waals surface area contributed by atoms with E-state index >= 15 is 0 Å². The Labute approximate surface area is 251 Å². The average Bonchev–Trinajstić information content (AvgIpc) is 2.94. The third-order valence-electron chi connectivity index (χ3n) is 5.91. The first-order valence-corrected chi connectivity index (χ1v) is 13.3. The first kappa shape index (κ1) is 39.1. The van der Waals surface area contributed by atoms with Crippen molar-refractivity contribution in [3.05, 3.63) is 35.4 Å². The molecule has 0 heterocycles. The minimum atomic E-state index is -5.08. The fourth-order valence-electron chi connectivity index (χ4n) is 3.54. The van der Waals surface area contributed by atoms with E-state index in [1.54, 1.807) is 24.3 Å². The van der Waals surface area contributed by atoms with Crippen LogP contribution in [0.1, 0.15) is 50.2 Å². The zero-order chi connectivity index (χ0) is 34.0. The summed E-state index contributed by atoms with van der Waals surface area (Å²) in [6, 6.07) is 4.34. The van der Waals surface area contributed by atoms with Gasteiger partial charge in [-0.1, -0.05) is 44.0 Å². The summed E-state index contributed by atoms with van der Waals surface area (Å²) in [7, 11) is 1.40. The lowest BCUT2D eigenvalue weighted by Gasteiger charge is -2.24. The van der Waals surface area contributed by atoms with E-state index in [1.165, 1.54) is 7.05 Å². The van der Waals surface area contributed by atoms with Gasteiger partial charge >= 0.3 is 18.1 Å². The third-order valence-corrected chi connectivity index (χ3v) is 5.91. The fraction of sp³-hybridized carbons (Fsp3) is 0.500. The molecule has 0 radical (unpaired) electrons. The van der Waals surface area contributed by atoms with Gasteiger partial charge in [0, 0.05) is 19.2 Å². The van der Waals surface area contributed by atoms with Crippen molar-refractivity contribution < 1.29 is 47.4 Å². The van der Waals surface area contributed by atoms with Crippen molar-refractivity contribution in [3.8, 4) is 0 Å². The van der Waals surface area contributed by atoms with Crippen molar-refractivity contribution in [1.82, 2.24) is 21.3 Å². The molecule has 0 aliphatic carbocycles. The fourth-order valence-corrected chi connectivity index (χ4v) is 3.54. The lowest BCUT2D eigenvalue weighted by molar-refractivity contribution is -0.192. The molecule has 0 spiro atoms. The van der Waals surface area contributed by atoms with Crippen molar-refractivity contribution >= 4 is 41.5 Å². The summed E-state index contributed by atoms with van der Waals surface area (Å²) in [5.41, 5.74) is 11.8. The van der Waals surface area contributed by atoms with Gasteiger partial charge in [-0.25, -0.2) is 9.59 Å².